The fourth-order valence-corrected chi connectivity index (χ4v) is 3.16. The summed E-state index contributed by atoms with van der Waals surface area (Å²) in [5, 5.41) is 26.5. The molecule has 5 unspecified atom stereocenters. The highest BCUT2D eigenvalue weighted by molar-refractivity contribution is 5.94. The van der Waals surface area contributed by atoms with Gasteiger partial charge in [0.1, 0.15) is 18.1 Å². The zero-order chi connectivity index (χ0) is 28.5. The van der Waals surface area contributed by atoms with Crippen molar-refractivity contribution >= 4 is 35.6 Å². The van der Waals surface area contributed by atoms with Crippen LogP contribution in [0.3, 0.4) is 0 Å². The van der Waals surface area contributed by atoms with Gasteiger partial charge < -0.3 is 54.8 Å². The van der Waals surface area contributed by atoms with E-state index in [4.69, 9.17) is 28.7 Å². The van der Waals surface area contributed by atoms with Crippen LogP contribution in [0.5, 0.6) is 0 Å². The molecule has 5 atom stereocenters. The van der Waals surface area contributed by atoms with Crippen LogP contribution in [0.4, 0.5) is 0 Å². The largest absolute Gasteiger partial charge is 0.480 e. The van der Waals surface area contributed by atoms with Gasteiger partial charge in [0.2, 0.25) is 23.6 Å². The molecule has 0 heterocycles. The molecule has 0 aromatic carbocycles. The predicted octanol–water partition coefficient (Wildman–Crippen LogP) is -4.32. The number of primary amides is 1. The van der Waals surface area contributed by atoms with Crippen molar-refractivity contribution in [3.8, 4) is 0 Å². The molecule has 15 N–H and O–H groups in total. The molecule has 0 aliphatic heterocycles. The molecular weight excluding hydrogens is 490 g/mol. The van der Waals surface area contributed by atoms with Crippen LogP contribution in [-0.4, -0.2) is 89.1 Å². The zero-order valence-corrected chi connectivity index (χ0v) is 21.0. The molecule has 0 aliphatic carbocycles. The van der Waals surface area contributed by atoms with Gasteiger partial charge in [-0.15, -0.1) is 0 Å². The van der Waals surface area contributed by atoms with Crippen molar-refractivity contribution in [1.29, 1.82) is 0 Å². The maximum absolute atomic E-state index is 12.9. The Morgan fingerprint density at radius 3 is 1.97 bits per heavy atom. The lowest BCUT2D eigenvalue weighted by molar-refractivity contribution is -0.142. The minimum absolute atomic E-state index is 0.0183. The number of aliphatic hydroxyl groups excluding tert-OH is 1. The van der Waals surface area contributed by atoms with E-state index in [1.807, 2.05) is 0 Å². The number of aliphatic hydroxyl groups is 1. The Balaban J connectivity index is 5.52. The summed E-state index contributed by atoms with van der Waals surface area (Å²) in [6.45, 7) is 1.81. The molecule has 212 valence electrons. The van der Waals surface area contributed by atoms with Gasteiger partial charge in [0.25, 0.3) is 0 Å². The Morgan fingerprint density at radius 1 is 0.838 bits per heavy atom. The Morgan fingerprint density at radius 2 is 1.46 bits per heavy atom. The molecule has 0 saturated heterocycles. The lowest BCUT2D eigenvalue weighted by Gasteiger charge is -2.26. The number of nitrogens with zero attached hydrogens (tertiary/aromatic N) is 1. The number of carboxylic acid groups (broad SMARTS) is 1. The minimum atomic E-state index is -1.45. The van der Waals surface area contributed by atoms with Crippen LogP contribution in [0.25, 0.3) is 0 Å². The minimum Gasteiger partial charge on any atom is -0.480 e. The Hall–Kier alpha value is -3.50. The Kier molecular flexibility index (Phi) is 16.2. The van der Waals surface area contributed by atoms with Gasteiger partial charge >= 0.3 is 5.97 Å². The summed E-state index contributed by atoms with van der Waals surface area (Å²) in [6.07, 6.45) is -0.144. The number of hydrogen-bond donors (Lipinski definition) is 10. The van der Waals surface area contributed by atoms with Crippen LogP contribution in [0.1, 0.15) is 51.9 Å². The van der Waals surface area contributed by atoms with E-state index in [1.165, 1.54) is 6.92 Å². The van der Waals surface area contributed by atoms with E-state index in [1.54, 1.807) is 0 Å². The number of unbranched alkanes of at least 4 members (excludes halogenated alkanes) is 1. The third-order valence-corrected chi connectivity index (χ3v) is 5.24. The molecule has 0 bridgehead atoms. The van der Waals surface area contributed by atoms with E-state index in [0.29, 0.717) is 25.8 Å². The standard InChI is InChI=1S/C21H41N9O7/c1-11(31)16(30-17(33)12(23)5-2-3-9-22)19(35)28-13(6-4-10-27-21(25)26)18(34)29-14(20(36)37)7-8-15(24)32/h11-14,16,31H,2-10,22-23H2,1H3,(H2,24,32)(H,28,35)(H,29,34)(H,30,33)(H,36,37)(H4,25,26,27). The van der Waals surface area contributed by atoms with Crippen molar-refractivity contribution in [2.24, 2.45) is 33.7 Å². The van der Waals surface area contributed by atoms with Gasteiger partial charge in [-0.05, 0) is 45.6 Å². The molecule has 0 radical (unpaired) electrons. The van der Waals surface area contributed by atoms with E-state index in [-0.39, 0.29) is 38.2 Å². The van der Waals surface area contributed by atoms with Gasteiger partial charge in [-0.25, -0.2) is 4.79 Å². The van der Waals surface area contributed by atoms with Gasteiger partial charge in [-0.3, -0.25) is 24.2 Å². The second-order valence-corrected chi connectivity index (χ2v) is 8.53. The first-order valence-corrected chi connectivity index (χ1v) is 11.9. The summed E-state index contributed by atoms with van der Waals surface area (Å²) in [5.74, 6) is -4.78. The maximum Gasteiger partial charge on any atom is 0.326 e. The molecule has 0 saturated carbocycles. The van der Waals surface area contributed by atoms with Crippen LogP contribution in [-0.2, 0) is 24.0 Å². The van der Waals surface area contributed by atoms with Crippen LogP contribution < -0.4 is 44.6 Å². The smallest absolute Gasteiger partial charge is 0.326 e. The number of carboxylic acids is 1. The maximum atomic E-state index is 12.9. The quantitative estimate of drug-likeness (QED) is 0.0431. The third kappa shape index (κ3) is 14.6. The zero-order valence-electron chi connectivity index (χ0n) is 21.0. The van der Waals surface area contributed by atoms with Crippen LogP contribution >= 0.6 is 0 Å². The molecule has 0 fully saturated rings. The SMILES string of the molecule is CC(O)C(NC(=O)C(N)CCCCN)C(=O)NC(CCCN=C(N)N)C(=O)NC(CCC(N)=O)C(=O)O. The molecular formula is C21H41N9O7. The molecule has 37 heavy (non-hydrogen) atoms. The number of carbonyl (C=O) groups is 5. The first kappa shape index (κ1) is 33.5. The first-order chi connectivity index (χ1) is 17.3. The molecule has 0 spiro atoms. The second kappa shape index (κ2) is 17.9. The molecule has 0 aliphatic rings. The van der Waals surface area contributed by atoms with Crippen molar-refractivity contribution < 1.29 is 34.2 Å². The Labute approximate surface area is 215 Å². The first-order valence-electron chi connectivity index (χ1n) is 11.9. The fourth-order valence-electron chi connectivity index (χ4n) is 3.16. The van der Waals surface area contributed by atoms with E-state index in [9.17, 15) is 34.2 Å². The number of amides is 4. The molecule has 0 rings (SSSR count). The van der Waals surface area contributed by atoms with Crippen LogP contribution in [0.2, 0.25) is 0 Å². The molecule has 4 amide bonds. The van der Waals surface area contributed by atoms with Crippen molar-refractivity contribution in [3.05, 3.63) is 0 Å². The van der Waals surface area contributed by atoms with E-state index in [2.05, 4.69) is 20.9 Å². The number of guanidine groups is 1. The summed E-state index contributed by atoms with van der Waals surface area (Å²) in [5.41, 5.74) is 26.9. The normalized spacial score (nSPS) is 14.8. The number of hydrogen-bond acceptors (Lipinski definition) is 9. The van der Waals surface area contributed by atoms with Gasteiger partial charge in [-0.1, -0.05) is 6.42 Å². The second-order valence-electron chi connectivity index (χ2n) is 8.53. The molecule has 0 aromatic heterocycles. The van der Waals surface area contributed by atoms with Gasteiger partial charge in [-0.2, -0.15) is 0 Å². The summed E-state index contributed by atoms with van der Waals surface area (Å²) in [6, 6.07) is -5.13. The van der Waals surface area contributed by atoms with Crippen LogP contribution in [0, 0.1) is 0 Å². The summed E-state index contributed by atoms with van der Waals surface area (Å²) >= 11 is 0. The highest BCUT2D eigenvalue weighted by Gasteiger charge is 2.32. The number of aliphatic carboxylic acids is 1. The topological polar surface area (TPSA) is 304 Å². The van der Waals surface area contributed by atoms with E-state index in [0.717, 1.165) is 0 Å². The fraction of sp³-hybridized carbons (Fsp3) is 0.714. The summed E-state index contributed by atoms with van der Waals surface area (Å²) in [4.78, 5) is 64.5. The van der Waals surface area contributed by atoms with Crippen molar-refractivity contribution in [1.82, 2.24) is 16.0 Å². The number of aliphatic imine (C=N–C) groups is 1. The summed E-state index contributed by atoms with van der Waals surface area (Å²) < 4.78 is 0. The van der Waals surface area contributed by atoms with Gasteiger partial charge in [0, 0.05) is 13.0 Å². The highest BCUT2D eigenvalue weighted by Crippen LogP contribution is 2.06. The highest BCUT2D eigenvalue weighted by atomic mass is 16.4. The summed E-state index contributed by atoms with van der Waals surface area (Å²) in [7, 11) is 0. The van der Waals surface area contributed by atoms with E-state index >= 15 is 0 Å². The van der Waals surface area contributed by atoms with Crippen molar-refractivity contribution in [3.63, 3.8) is 0 Å². The monoisotopic (exact) mass is 531 g/mol. The number of carbonyl (C=O) groups excluding carboxylic acids is 4. The molecule has 16 heteroatoms. The average molecular weight is 532 g/mol. The van der Waals surface area contributed by atoms with Crippen molar-refractivity contribution in [2.75, 3.05) is 13.1 Å². The molecule has 0 aromatic rings. The van der Waals surface area contributed by atoms with Crippen molar-refractivity contribution in [2.45, 2.75) is 82.1 Å². The average Bonchev–Trinajstić information content (AvgIpc) is 2.80. The van der Waals surface area contributed by atoms with Crippen LogP contribution in [0.15, 0.2) is 4.99 Å². The number of rotatable bonds is 19. The predicted molar refractivity (Wildman–Crippen MR) is 134 cm³/mol. The lowest BCUT2D eigenvalue weighted by atomic mass is 10.1. The van der Waals surface area contributed by atoms with E-state index < -0.39 is 59.9 Å². The molecule has 16 nitrogen and oxygen atoms in total. The third-order valence-electron chi connectivity index (χ3n) is 5.24. The van der Waals surface area contributed by atoms with Gasteiger partial charge in [0.15, 0.2) is 5.96 Å². The number of nitrogens with two attached hydrogens (primary N) is 5. The lowest BCUT2D eigenvalue weighted by Crippen LogP contribution is -2.59. The number of nitrogens with one attached hydrogen (secondary N) is 3. The van der Waals surface area contributed by atoms with Gasteiger partial charge in [0.05, 0.1) is 12.1 Å². The Bertz CT molecular complexity index is 803.